The average Bonchev–Trinajstić information content (AvgIpc) is 3.34. The summed E-state index contributed by atoms with van der Waals surface area (Å²) in [4.78, 5) is 22.7. The first-order chi connectivity index (χ1) is 14.6. The molecule has 0 saturated heterocycles. The van der Waals surface area contributed by atoms with Gasteiger partial charge in [0.25, 0.3) is 5.91 Å². The second-order valence-electron chi connectivity index (χ2n) is 6.95. The standard InChI is InChI=1S/C22H20N4O3S/c1-3-26-12-16(15-5-4-8-23-20(15)26)22-24-13(2)19(30-22)21(27)25-14-6-7-17-18(11-14)29-10-9-28-17/h4-8,11-12H,3,9-10H2,1-2H3,(H,25,27). The van der Waals surface area contributed by atoms with Crippen LogP contribution in [0.2, 0.25) is 0 Å². The number of pyridine rings is 1. The molecule has 1 aliphatic heterocycles. The highest BCUT2D eigenvalue weighted by Gasteiger charge is 2.20. The SMILES string of the molecule is CCn1cc(-c2nc(C)c(C(=O)Nc3ccc4c(c3)OCCO4)s2)c2cccnc21. The van der Waals surface area contributed by atoms with Gasteiger partial charge < -0.3 is 19.4 Å². The van der Waals surface area contributed by atoms with E-state index < -0.39 is 0 Å². The monoisotopic (exact) mass is 420 g/mol. The lowest BCUT2D eigenvalue weighted by Gasteiger charge is -2.18. The Morgan fingerprint density at radius 1 is 1.23 bits per heavy atom. The fraction of sp³-hybridized carbons (Fsp3) is 0.227. The van der Waals surface area contributed by atoms with Gasteiger partial charge >= 0.3 is 0 Å². The Kier molecular flexibility index (Phi) is 4.63. The Morgan fingerprint density at radius 2 is 2.07 bits per heavy atom. The van der Waals surface area contributed by atoms with Gasteiger partial charge in [0.05, 0.1) is 5.69 Å². The highest BCUT2D eigenvalue weighted by atomic mass is 32.1. The van der Waals surface area contributed by atoms with Gasteiger partial charge in [-0.15, -0.1) is 11.3 Å². The van der Waals surface area contributed by atoms with E-state index in [-0.39, 0.29) is 5.91 Å². The normalized spacial score (nSPS) is 12.9. The van der Waals surface area contributed by atoms with E-state index in [4.69, 9.17) is 9.47 Å². The van der Waals surface area contributed by atoms with Crippen LogP contribution in [0.5, 0.6) is 11.5 Å². The van der Waals surface area contributed by atoms with Gasteiger partial charge in [-0.3, -0.25) is 4.79 Å². The van der Waals surface area contributed by atoms with Crippen molar-refractivity contribution in [1.29, 1.82) is 0 Å². The van der Waals surface area contributed by atoms with E-state index in [9.17, 15) is 4.79 Å². The number of aromatic nitrogens is 3. The number of aryl methyl sites for hydroxylation is 2. The van der Waals surface area contributed by atoms with Gasteiger partial charge in [-0.05, 0) is 38.1 Å². The van der Waals surface area contributed by atoms with Crippen LogP contribution in [0.1, 0.15) is 22.3 Å². The van der Waals surface area contributed by atoms with Crippen molar-refractivity contribution in [3.05, 3.63) is 53.3 Å². The fourth-order valence-corrected chi connectivity index (χ4v) is 4.55. The van der Waals surface area contributed by atoms with Crippen molar-refractivity contribution in [3.8, 4) is 22.1 Å². The maximum Gasteiger partial charge on any atom is 0.267 e. The lowest BCUT2D eigenvalue weighted by Crippen LogP contribution is -2.16. The van der Waals surface area contributed by atoms with Gasteiger partial charge in [-0.2, -0.15) is 0 Å². The van der Waals surface area contributed by atoms with Gasteiger partial charge in [0.15, 0.2) is 11.5 Å². The van der Waals surface area contributed by atoms with E-state index in [0.717, 1.165) is 28.1 Å². The molecule has 4 heterocycles. The van der Waals surface area contributed by atoms with Gasteiger partial charge in [-0.25, -0.2) is 9.97 Å². The predicted molar refractivity (Wildman–Crippen MR) is 117 cm³/mol. The van der Waals surface area contributed by atoms with E-state index in [2.05, 4.69) is 33.0 Å². The predicted octanol–water partition coefficient (Wildman–Crippen LogP) is 4.51. The third-order valence-corrected chi connectivity index (χ3v) is 6.20. The summed E-state index contributed by atoms with van der Waals surface area (Å²) in [5.74, 6) is 1.14. The highest BCUT2D eigenvalue weighted by molar-refractivity contribution is 7.17. The molecule has 30 heavy (non-hydrogen) atoms. The molecule has 0 saturated carbocycles. The van der Waals surface area contributed by atoms with Crippen molar-refractivity contribution in [2.45, 2.75) is 20.4 Å². The molecule has 0 spiro atoms. The number of rotatable bonds is 4. The molecule has 0 bridgehead atoms. The summed E-state index contributed by atoms with van der Waals surface area (Å²) in [6.07, 6.45) is 3.84. The molecule has 1 aromatic carbocycles. The van der Waals surface area contributed by atoms with E-state index in [0.29, 0.717) is 41.0 Å². The Labute approximate surface area is 177 Å². The van der Waals surface area contributed by atoms with Crippen LogP contribution >= 0.6 is 11.3 Å². The molecule has 3 aromatic heterocycles. The fourth-order valence-electron chi connectivity index (χ4n) is 3.57. The maximum atomic E-state index is 12.9. The minimum Gasteiger partial charge on any atom is -0.486 e. The minimum absolute atomic E-state index is 0.190. The number of fused-ring (bicyclic) bond motifs is 2. The number of anilines is 1. The molecule has 7 nitrogen and oxygen atoms in total. The van der Waals surface area contributed by atoms with E-state index in [1.807, 2.05) is 31.2 Å². The van der Waals surface area contributed by atoms with Crippen molar-refractivity contribution in [2.24, 2.45) is 0 Å². The van der Waals surface area contributed by atoms with Crippen LogP contribution < -0.4 is 14.8 Å². The van der Waals surface area contributed by atoms with Crippen molar-refractivity contribution in [1.82, 2.24) is 14.5 Å². The number of benzene rings is 1. The maximum absolute atomic E-state index is 12.9. The van der Waals surface area contributed by atoms with Crippen LogP contribution in [0.15, 0.2) is 42.7 Å². The molecule has 0 aliphatic carbocycles. The second-order valence-corrected chi connectivity index (χ2v) is 7.95. The third kappa shape index (κ3) is 3.19. The van der Waals surface area contributed by atoms with Crippen molar-refractivity contribution in [3.63, 3.8) is 0 Å². The molecule has 0 atom stereocenters. The number of hydrogen-bond acceptors (Lipinski definition) is 6. The molecule has 4 aromatic rings. The molecule has 8 heteroatoms. The lowest BCUT2D eigenvalue weighted by molar-refractivity contribution is 0.102. The van der Waals surface area contributed by atoms with Gasteiger partial charge in [0, 0.05) is 41.6 Å². The van der Waals surface area contributed by atoms with E-state index >= 15 is 0 Å². The lowest BCUT2D eigenvalue weighted by atomic mass is 10.2. The Morgan fingerprint density at radius 3 is 2.90 bits per heavy atom. The zero-order chi connectivity index (χ0) is 20.7. The minimum atomic E-state index is -0.190. The summed E-state index contributed by atoms with van der Waals surface area (Å²) in [5, 5.41) is 4.79. The van der Waals surface area contributed by atoms with Crippen LogP contribution in [0.4, 0.5) is 5.69 Å². The second kappa shape index (κ2) is 7.46. The van der Waals surface area contributed by atoms with E-state index in [1.54, 1.807) is 12.3 Å². The Balaban J connectivity index is 1.45. The quantitative estimate of drug-likeness (QED) is 0.525. The first-order valence-corrected chi connectivity index (χ1v) is 10.6. The van der Waals surface area contributed by atoms with Crippen LogP contribution in [-0.2, 0) is 6.54 Å². The summed E-state index contributed by atoms with van der Waals surface area (Å²) < 4.78 is 13.2. The third-order valence-electron chi connectivity index (χ3n) is 5.01. The van der Waals surface area contributed by atoms with Gasteiger partial charge in [0.2, 0.25) is 0 Å². The number of amides is 1. The zero-order valence-corrected chi connectivity index (χ0v) is 17.5. The van der Waals surface area contributed by atoms with E-state index in [1.165, 1.54) is 11.3 Å². The van der Waals surface area contributed by atoms with Crippen LogP contribution in [-0.4, -0.2) is 33.7 Å². The Bertz CT molecular complexity index is 1260. The van der Waals surface area contributed by atoms with Gasteiger partial charge in [-0.1, -0.05) is 0 Å². The molecule has 1 N–H and O–H groups in total. The number of nitrogens with zero attached hydrogens (tertiary/aromatic N) is 3. The van der Waals surface area contributed by atoms with Crippen molar-refractivity contribution >= 4 is 34.0 Å². The number of carbonyl (C=O) groups is 1. The highest BCUT2D eigenvalue weighted by Crippen LogP contribution is 2.35. The molecule has 1 amide bonds. The van der Waals surface area contributed by atoms with Crippen LogP contribution in [0.3, 0.4) is 0 Å². The summed E-state index contributed by atoms with van der Waals surface area (Å²) in [5.41, 5.74) is 3.27. The summed E-state index contributed by atoms with van der Waals surface area (Å²) in [6, 6.07) is 9.35. The smallest absolute Gasteiger partial charge is 0.267 e. The molecule has 0 radical (unpaired) electrons. The number of hydrogen-bond donors (Lipinski definition) is 1. The molecule has 0 fully saturated rings. The van der Waals surface area contributed by atoms with Crippen LogP contribution in [0.25, 0.3) is 21.6 Å². The number of ether oxygens (including phenoxy) is 2. The topological polar surface area (TPSA) is 78.3 Å². The molecular formula is C22H20N4O3S. The summed E-state index contributed by atoms with van der Waals surface area (Å²) in [7, 11) is 0. The van der Waals surface area contributed by atoms with Crippen molar-refractivity contribution in [2.75, 3.05) is 18.5 Å². The molecule has 1 aliphatic rings. The zero-order valence-electron chi connectivity index (χ0n) is 16.6. The molecule has 152 valence electrons. The van der Waals surface area contributed by atoms with Crippen molar-refractivity contribution < 1.29 is 14.3 Å². The largest absolute Gasteiger partial charge is 0.486 e. The first kappa shape index (κ1) is 18.6. The number of thiazole rings is 1. The molecule has 0 unspecified atom stereocenters. The number of carbonyl (C=O) groups excluding carboxylic acids is 1. The number of nitrogens with one attached hydrogen (secondary N) is 1. The molecule has 5 rings (SSSR count). The molecular weight excluding hydrogens is 400 g/mol. The van der Waals surface area contributed by atoms with Crippen LogP contribution in [0, 0.1) is 6.92 Å². The summed E-state index contributed by atoms with van der Waals surface area (Å²) >= 11 is 1.39. The van der Waals surface area contributed by atoms with Gasteiger partial charge in [0.1, 0.15) is 28.7 Å². The average molecular weight is 420 g/mol. The summed E-state index contributed by atoms with van der Waals surface area (Å²) in [6.45, 7) is 5.79. The first-order valence-electron chi connectivity index (χ1n) is 9.76. The Hall–Kier alpha value is -3.39.